The third kappa shape index (κ3) is 6.38. The van der Waals surface area contributed by atoms with E-state index in [0.29, 0.717) is 11.8 Å². The molecule has 0 saturated carbocycles. The van der Waals surface area contributed by atoms with Crippen molar-refractivity contribution in [1.82, 2.24) is 0 Å². The summed E-state index contributed by atoms with van der Waals surface area (Å²) >= 11 is 0. The molecule has 0 aliphatic carbocycles. The highest BCUT2D eigenvalue weighted by molar-refractivity contribution is 5.54. The summed E-state index contributed by atoms with van der Waals surface area (Å²) in [6.45, 7) is 18.7. The molecule has 0 N–H and O–H groups in total. The van der Waals surface area contributed by atoms with Gasteiger partial charge < -0.3 is 0 Å². The van der Waals surface area contributed by atoms with Crippen LogP contribution >= 0.6 is 0 Å². The van der Waals surface area contributed by atoms with Crippen LogP contribution in [0.15, 0.2) is 55.6 Å². The van der Waals surface area contributed by atoms with E-state index in [-0.39, 0.29) is 0 Å². The van der Waals surface area contributed by atoms with Crippen LogP contribution < -0.4 is 0 Å². The number of rotatable bonds is 6. The monoisotopic (exact) mass is 334 g/mol. The molecule has 0 saturated heterocycles. The predicted molar refractivity (Wildman–Crippen MR) is 115 cm³/mol. The number of hydrogen-bond acceptors (Lipinski definition) is 0. The van der Waals surface area contributed by atoms with Crippen LogP contribution in [-0.4, -0.2) is 0 Å². The summed E-state index contributed by atoms with van der Waals surface area (Å²) in [4.78, 5) is 0. The molecular formula is C25H34. The molecule has 0 nitrogen and oxygen atoms in total. The minimum Gasteiger partial charge on any atom is -0.0985 e. The van der Waals surface area contributed by atoms with Crippen molar-refractivity contribution in [1.29, 1.82) is 0 Å². The molecule has 0 amide bonds. The zero-order chi connectivity index (χ0) is 18.8. The molecule has 2 rings (SSSR count). The van der Waals surface area contributed by atoms with E-state index in [1.165, 1.54) is 34.2 Å². The first-order valence-corrected chi connectivity index (χ1v) is 9.41. The fourth-order valence-electron chi connectivity index (χ4n) is 2.87. The molecular weight excluding hydrogens is 300 g/mol. The second-order valence-corrected chi connectivity index (χ2v) is 7.05. The molecule has 2 aromatic carbocycles. The second kappa shape index (κ2) is 10.7. The average Bonchev–Trinajstić information content (AvgIpc) is 2.62. The Morgan fingerprint density at radius 1 is 0.840 bits per heavy atom. The number of hydrogen-bond donors (Lipinski definition) is 0. The predicted octanol–water partition coefficient (Wildman–Crippen LogP) is 7.86. The van der Waals surface area contributed by atoms with Crippen molar-refractivity contribution in [2.24, 2.45) is 0 Å². The third-order valence-corrected chi connectivity index (χ3v) is 4.41. The summed E-state index contributed by atoms with van der Waals surface area (Å²) in [5, 5.41) is 0. The Labute approximate surface area is 155 Å². The van der Waals surface area contributed by atoms with Crippen LogP contribution in [-0.2, 0) is 6.42 Å². The Bertz CT molecular complexity index is 674. The van der Waals surface area contributed by atoms with Gasteiger partial charge in [0.2, 0.25) is 0 Å². The summed E-state index contributed by atoms with van der Waals surface area (Å²) in [5.74, 6) is 1.17. The SMILES string of the molecule is C=Cc1ccc(C(C)C)cc1C(C)C.C=Cc1ccccc1CCC. The maximum atomic E-state index is 3.85. The van der Waals surface area contributed by atoms with Crippen LogP contribution in [0, 0.1) is 0 Å². The molecule has 0 atom stereocenters. The summed E-state index contributed by atoms with van der Waals surface area (Å²) in [6, 6.07) is 15.1. The van der Waals surface area contributed by atoms with Gasteiger partial charge in [-0.3, -0.25) is 0 Å². The van der Waals surface area contributed by atoms with E-state index in [4.69, 9.17) is 0 Å². The molecule has 134 valence electrons. The lowest BCUT2D eigenvalue weighted by atomic mass is 9.92. The first-order chi connectivity index (χ1) is 11.9. The molecule has 0 fully saturated rings. The van der Waals surface area contributed by atoms with Gasteiger partial charge in [-0.25, -0.2) is 0 Å². The first-order valence-electron chi connectivity index (χ1n) is 9.41. The Hall–Kier alpha value is -2.08. The molecule has 0 spiro atoms. The summed E-state index contributed by atoms with van der Waals surface area (Å²) < 4.78 is 0. The quantitative estimate of drug-likeness (QED) is 0.504. The fourth-order valence-corrected chi connectivity index (χ4v) is 2.87. The maximum absolute atomic E-state index is 3.85. The van der Waals surface area contributed by atoms with E-state index >= 15 is 0 Å². The van der Waals surface area contributed by atoms with E-state index in [1.807, 2.05) is 12.2 Å². The number of aryl methyl sites for hydroxylation is 1. The number of benzene rings is 2. The molecule has 0 aromatic heterocycles. The van der Waals surface area contributed by atoms with Crippen LogP contribution in [0.3, 0.4) is 0 Å². The second-order valence-electron chi connectivity index (χ2n) is 7.05. The van der Waals surface area contributed by atoms with Gasteiger partial charge in [-0.15, -0.1) is 0 Å². The standard InChI is InChI=1S/C14H20.C11H14/c1-6-12-7-8-13(10(2)3)9-14(12)11(4)5;1-3-7-11-9-6-5-8-10(11)4-2/h6-11H,1H2,2-5H3;4-6,8-9H,2-3,7H2,1H3. The minimum atomic E-state index is 0.571. The Morgan fingerprint density at radius 3 is 2.00 bits per heavy atom. The Kier molecular flexibility index (Phi) is 8.99. The summed E-state index contributed by atoms with van der Waals surface area (Å²) in [6.07, 6.45) is 6.22. The van der Waals surface area contributed by atoms with Crippen molar-refractivity contribution < 1.29 is 0 Å². The third-order valence-electron chi connectivity index (χ3n) is 4.41. The van der Waals surface area contributed by atoms with Crippen LogP contribution in [0.2, 0.25) is 0 Å². The normalized spacial score (nSPS) is 10.4. The lowest BCUT2D eigenvalue weighted by Crippen LogP contribution is -1.95. The van der Waals surface area contributed by atoms with Crippen LogP contribution in [0.25, 0.3) is 12.2 Å². The van der Waals surface area contributed by atoms with E-state index in [0.717, 1.165) is 6.42 Å². The maximum Gasteiger partial charge on any atom is -0.0213 e. The van der Waals surface area contributed by atoms with Gasteiger partial charge in [-0.2, -0.15) is 0 Å². The first kappa shape index (κ1) is 21.0. The molecule has 25 heavy (non-hydrogen) atoms. The molecule has 0 heteroatoms. The van der Waals surface area contributed by atoms with Crippen molar-refractivity contribution >= 4 is 12.2 Å². The zero-order valence-corrected chi connectivity index (χ0v) is 16.7. The van der Waals surface area contributed by atoms with E-state index < -0.39 is 0 Å². The molecule has 0 bridgehead atoms. The van der Waals surface area contributed by atoms with Gasteiger partial charge in [0.25, 0.3) is 0 Å². The van der Waals surface area contributed by atoms with Crippen molar-refractivity contribution in [3.05, 3.63) is 83.4 Å². The lowest BCUT2D eigenvalue weighted by Gasteiger charge is -2.14. The molecule has 2 aromatic rings. The Morgan fingerprint density at radius 2 is 1.48 bits per heavy atom. The molecule has 0 aliphatic heterocycles. The van der Waals surface area contributed by atoms with Crippen molar-refractivity contribution in [2.75, 3.05) is 0 Å². The summed E-state index contributed by atoms with van der Waals surface area (Å²) in [7, 11) is 0. The average molecular weight is 335 g/mol. The van der Waals surface area contributed by atoms with Gasteiger partial charge in [0.05, 0.1) is 0 Å². The smallest absolute Gasteiger partial charge is 0.0213 e. The van der Waals surface area contributed by atoms with Crippen molar-refractivity contribution in [2.45, 2.75) is 59.3 Å². The summed E-state index contributed by atoms with van der Waals surface area (Å²) in [5.41, 5.74) is 6.77. The fraction of sp³-hybridized carbons (Fsp3) is 0.360. The van der Waals surface area contributed by atoms with Crippen molar-refractivity contribution in [3.8, 4) is 0 Å². The van der Waals surface area contributed by atoms with Crippen LogP contribution in [0.5, 0.6) is 0 Å². The van der Waals surface area contributed by atoms with Gasteiger partial charge in [0.1, 0.15) is 0 Å². The van der Waals surface area contributed by atoms with Gasteiger partial charge >= 0.3 is 0 Å². The van der Waals surface area contributed by atoms with Gasteiger partial charge in [0, 0.05) is 0 Å². The lowest BCUT2D eigenvalue weighted by molar-refractivity contribution is 0.832. The van der Waals surface area contributed by atoms with E-state index in [2.05, 4.69) is 90.2 Å². The molecule has 0 unspecified atom stereocenters. The van der Waals surface area contributed by atoms with E-state index in [9.17, 15) is 0 Å². The molecule has 0 radical (unpaired) electrons. The van der Waals surface area contributed by atoms with E-state index in [1.54, 1.807) is 0 Å². The van der Waals surface area contributed by atoms with Crippen LogP contribution in [0.1, 0.15) is 80.7 Å². The van der Waals surface area contributed by atoms with Gasteiger partial charge in [-0.05, 0) is 46.1 Å². The van der Waals surface area contributed by atoms with Crippen LogP contribution in [0.4, 0.5) is 0 Å². The molecule has 0 aliphatic rings. The largest absolute Gasteiger partial charge is 0.0985 e. The zero-order valence-electron chi connectivity index (χ0n) is 16.7. The van der Waals surface area contributed by atoms with Gasteiger partial charge in [-0.1, -0.05) is 109 Å². The highest BCUT2D eigenvalue weighted by Gasteiger charge is 2.07. The minimum absolute atomic E-state index is 0.571. The molecule has 0 heterocycles. The highest BCUT2D eigenvalue weighted by atomic mass is 14.1. The van der Waals surface area contributed by atoms with Crippen molar-refractivity contribution in [3.63, 3.8) is 0 Å². The highest BCUT2D eigenvalue weighted by Crippen LogP contribution is 2.25. The topological polar surface area (TPSA) is 0 Å². The van der Waals surface area contributed by atoms with Gasteiger partial charge in [0.15, 0.2) is 0 Å². The Balaban J connectivity index is 0.000000257.